The Bertz CT molecular complexity index is 1640. The van der Waals surface area contributed by atoms with Crippen LogP contribution in [0.3, 0.4) is 0 Å². The Labute approximate surface area is 491 Å². The molecule has 3 saturated heterocycles. The summed E-state index contributed by atoms with van der Waals surface area (Å²) >= 11 is 0. The van der Waals surface area contributed by atoms with Crippen molar-refractivity contribution in [3.63, 3.8) is 0 Å². The summed E-state index contributed by atoms with van der Waals surface area (Å²) in [6.45, 7) is 1.69. The van der Waals surface area contributed by atoms with Crippen LogP contribution in [0.25, 0.3) is 0 Å². The molecule has 0 bridgehead atoms. The number of unbranched alkanes of at least 4 members (excludes halogenated alkanes) is 26. The molecular weight excluding hydrogens is 1060 g/mol. The quantitative estimate of drug-likeness (QED) is 0.0218. The zero-order chi connectivity index (χ0) is 59.7. The Kier molecular flexibility index (Phi) is 41.8. The lowest BCUT2D eigenvalue weighted by Gasteiger charge is -2.48. The molecule has 3 aliphatic heterocycles. The van der Waals surface area contributed by atoms with Gasteiger partial charge in [-0.2, -0.15) is 0 Å². The van der Waals surface area contributed by atoms with Gasteiger partial charge in [0.25, 0.3) is 0 Å². The maximum absolute atomic E-state index is 13.4. The normalized spacial score (nSPS) is 29.8. The number of rotatable bonds is 48. The third-order valence-electron chi connectivity index (χ3n) is 16.2. The molecule has 3 fully saturated rings. The van der Waals surface area contributed by atoms with E-state index >= 15 is 0 Å². The number of aliphatic hydroxyl groups is 11. The van der Waals surface area contributed by atoms with E-state index in [1.165, 1.54) is 103 Å². The van der Waals surface area contributed by atoms with Crippen molar-refractivity contribution in [2.75, 3.05) is 26.4 Å². The fourth-order valence-corrected chi connectivity index (χ4v) is 11.0. The van der Waals surface area contributed by atoms with E-state index in [2.05, 4.69) is 55.6 Å². The van der Waals surface area contributed by atoms with Gasteiger partial charge in [-0.15, -0.1) is 0 Å². The van der Waals surface area contributed by atoms with Crippen LogP contribution < -0.4 is 5.32 Å². The number of hydrogen-bond acceptors (Lipinski definition) is 18. The molecule has 12 N–H and O–H groups in total. The summed E-state index contributed by atoms with van der Waals surface area (Å²) in [4.78, 5) is 13.4. The maximum atomic E-state index is 13.4. The Hall–Kier alpha value is -1.99. The number of carbonyl (C=O) groups excluding carboxylic acids is 1. The van der Waals surface area contributed by atoms with E-state index in [1.807, 2.05) is 0 Å². The molecule has 82 heavy (non-hydrogen) atoms. The van der Waals surface area contributed by atoms with Gasteiger partial charge in [-0.1, -0.05) is 211 Å². The number of amides is 1. The van der Waals surface area contributed by atoms with Gasteiger partial charge in [0.05, 0.1) is 38.6 Å². The van der Waals surface area contributed by atoms with Crippen LogP contribution >= 0.6 is 0 Å². The molecule has 3 rings (SSSR count). The smallest absolute Gasteiger partial charge is 0.220 e. The monoisotopic (exact) mass is 1170 g/mol. The summed E-state index contributed by atoms with van der Waals surface area (Å²) in [5.74, 6) is -0.253. The van der Waals surface area contributed by atoms with Gasteiger partial charge in [-0.05, 0) is 44.9 Å². The van der Waals surface area contributed by atoms with E-state index in [0.29, 0.717) is 12.8 Å². The largest absolute Gasteiger partial charge is 0.394 e. The number of allylic oxidation sites excluding steroid dienone is 6. The molecule has 19 nitrogen and oxygen atoms in total. The average molecular weight is 1170 g/mol. The molecule has 0 aromatic rings. The van der Waals surface area contributed by atoms with Crippen molar-refractivity contribution in [2.45, 2.75) is 330 Å². The van der Waals surface area contributed by atoms with Gasteiger partial charge in [0.15, 0.2) is 18.9 Å². The molecule has 0 radical (unpaired) electrons. The van der Waals surface area contributed by atoms with Gasteiger partial charge in [0.2, 0.25) is 5.91 Å². The lowest BCUT2D eigenvalue weighted by atomic mass is 9.96. The number of nitrogens with one attached hydrogen (secondary N) is 1. The van der Waals surface area contributed by atoms with Crippen molar-refractivity contribution < 1.29 is 89.4 Å². The molecule has 17 unspecified atom stereocenters. The van der Waals surface area contributed by atoms with Gasteiger partial charge < -0.3 is 89.9 Å². The molecule has 1 amide bonds. The highest BCUT2D eigenvalue weighted by molar-refractivity contribution is 5.76. The van der Waals surface area contributed by atoms with Gasteiger partial charge >= 0.3 is 0 Å². The predicted molar refractivity (Wildman–Crippen MR) is 314 cm³/mol. The summed E-state index contributed by atoms with van der Waals surface area (Å²) in [6, 6.07) is -0.892. The highest BCUT2D eigenvalue weighted by atomic mass is 16.8. The molecule has 0 aromatic heterocycles. The van der Waals surface area contributed by atoms with Crippen LogP contribution in [0.15, 0.2) is 36.5 Å². The zero-order valence-electron chi connectivity index (χ0n) is 50.2. The summed E-state index contributed by atoms with van der Waals surface area (Å²) < 4.78 is 34.4. The van der Waals surface area contributed by atoms with Crippen molar-refractivity contribution in [3.8, 4) is 0 Å². The van der Waals surface area contributed by atoms with Gasteiger partial charge in [-0.25, -0.2) is 0 Å². The molecule has 0 saturated carbocycles. The number of aliphatic hydroxyl groups excluding tert-OH is 11. The first-order chi connectivity index (χ1) is 39.8. The van der Waals surface area contributed by atoms with Crippen LogP contribution in [0.2, 0.25) is 0 Å². The fourth-order valence-electron chi connectivity index (χ4n) is 11.0. The minimum absolute atomic E-state index is 0.253. The second-order valence-electron chi connectivity index (χ2n) is 23.2. The van der Waals surface area contributed by atoms with E-state index < -0.39 is 124 Å². The topological polar surface area (TPSA) is 307 Å². The molecule has 3 aliphatic rings. The van der Waals surface area contributed by atoms with Crippen LogP contribution in [0, 0.1) is 0 Å². The summed E-state index contributed by atoms with van der Waals surface area (Å²) in [6.07, 6.45) is 23.6. The molecule has 19 heteroatoms. The SMILES string of the molecule is CC/C=C\C/C=C\C/C=C\CCCCCCCCCC(=O)NC(COC1OC(CO)C(OC2OC(CO)C(OC3OC(CO)C(O)C(O)C3O)C(O)C2O)C(O)C1O)C(O)CCCCCCCCCCCCCCCCCCCCCC. The van der Waals surface area contributed by atoms with Crippen molar-refractivity contribution >= 4 is 5.91 Å². The van der Waals surface area contributed by atoms with Crippen molar-refractivity contribution in [3.05, 3.63) is 36.5 Å². The zero-order valence-corrected chi connectivity index (χ0v) is 50.2. The molecule has 17 atom stereocenters. The van der Waals surface area contributed by atoms with Gasteiger partial charge in [0, 0.05) is 6.42 Å². The first-order valence-electron chi connectivity index (χ1n) is 32.2. The second-order valence-corrected chi connectivity index (χ2v) is 23.2. The van der Waals surface area contributed by atoms with Gasteiger partial charge in [0.1, 0.15) is 73.2 Å². The van der Waals surface area contributed by atoms with Crippen LogP contribution in [0.4, 0.5) is 0 Å². The predicted octanol–water partition coefficient (Wildman–Crippen LogP) is 6.88. The lowest BCUT2D eigenvalue weighted by molar-refractivity contribution is -0.379. The minimum atomic E-state index is -1.97. The molecule has 3 heterocycles. The van der Waals surface area contributed by atoms with Crippen LogP contribution in [0.1, 0.15) is 226 Å². The van der Waals surface area contributed by atoms with Crippen molar-refractivity contribution in [1.82, 2.24) is 5.32 Å². The van der Waals surface area contributed by atoms with E-state index in [0.717, 1.165) is 89.9 Å². The molecule has 480 valence electrons. The molecule has 0 spiro atoms. The Morgan fingerprint density at radius 3 is 1.32 bits per heavy atom. The Balaban J connectivity index is 1.47. The van der Waals surface area contributed by atoms with E-state index in [4.69, 9.17) is 28.4 Å². The summed E-state index contributed by atoms with van der Waals surface area (Å²) in [5.41, 5.74) is 0. The van der Waals surface area contributed by atoms with Crippen molar-refractivity contribution in [1.29, 1.82) is 0 Å². The Morgan fingerprint density at radius 2 is 0.841 bits per heavy atom. The van der Waals surface area contributed by atoms with E-state index in [1.54, 1.807) is 0 Å². The molecular formula is C63H115NO18. The highest BCUT2D eigenvalue weighted by Crippen LogP contribution is 2.33. The molecule has 0 aromatic carbocycles. The fraction of sp³-hybridized carbons (Fsp3) is 0.889. The number of carbonyl (C=O) groups is 1. The standard InChI is InChI=1S/C63H115NO18/c1-3-5-7-9-11-13-15-17-19-21-22-23-25-26-28-30-32-34-36-38-40-47(68)46(64-51(69)41-39-37-35-33-31-29-27-24-20-18-16-14-12-10-8-6-4-2)45-77-61-57(75)54(72)59(49(43-66)79-61)82-63-58(76)55(73)60(50(44-67)80-63)81-62-56(74)53(71)52(70)48(42-65)78-62/h6,8,12,14,18,20,46-50,52-63,65-68,70-76H,3-5,7,9-11,13,15-17,19,21-45H2,1-2H3,(H,64,69)/b8-6-,14-12-,20-18-. The minimum Gasteiger partial charge on any atom is -0.394 e. The second kappa shape index (κ2) is 46.2. The molecule has 0 aliphatic carbocycles. The van der Waals surface area contributed by atoms with Crippen LogP contribution in [-0.2, 0) is 33.2 Å². The highest BCUT2D eigenvalue weighted by Gasteiger charge is 2.53. The van der Waals surface area contributed by atoms with E-state index in [9.17, 15) is 61.0 Å². The third kappa shape index (κ3) is 29.1. The average Bonchev–Trinajstić information content (AvgIpc) is 3.39. The van der Waals surface area contributed by atoms with Crippen molar-refractivity contribution in [2.24, 2.45) is 0 Å². The third-order valence-corrected chi connectivity index (χ3v) is 16.2. The number of hydrogen-bond donors (Lipinski definition) is 12. The first-order valence-corrected chi connectivity index (χ1v) is 32.2. The Morgan fingerprint density at radius 1 is 0.451 bits per heavy atom. The van der Waals surface area contributed by atoms with Gasteiger partial charge in [-0.3, -0.25) is 4.79 Å². The summed E-state index contributed by atoms with van der Waals surface area (Å²) in [7, 11) is 0. The summed E-state index contributed by atoms with van der Waals surface area (Å²) in [5, 5.41) is 120. The van der Waals surface area contributed by atoms with Crippen LogP contribution in [-0.4, -0.2) is 193 Å². The maximum Gasteiger partial charge on any atom is 0.220 e. The lowest BCUT2D eigenvalue weighted by Crippen LogP contribution is -2.66. The number of ether oxygens (including phenoxy) is 6. The van der Waals surface area contributed by atoms with E-state index in [-0.39, 0.29) is 18.9 Å². The first kappa shape index (κ1) is 74.3. The van der Waals surface area contributed by atoms with Crippen LogP contribution in [0.5, 0.6) is 0 Å².